The number of nitrogen functional groups attached to an aromatic ring is 1. The minimum Gasteiger partial charge on any atom is -0.323 e. The molecule has 0 unspecified atom stereocenters. The molecule has 2 aromatic rings. The van der Waals surface area contributed by atoms with Crippen molar-refractivity contribution < 1.29 is 4.79 Å². The summed E-state index contributed by atoms with van der Waals surface area (Å²) < 4.78 is 0.594. The van der Waals surface area contributed by atoms with E-state index in [1.54, 1.807) is 12.1 Å². The van der Waals surface area contributed by atoms with E-state index in [0.717, 1.165) is 0 Å². The van der Waals surface area contributed by atoms with Crippen LogP contribution in [-0.2, 0) is 0 Å². The highest BCUT2D eigenvalue weighted by Gasteiger charge is 2.08. The molecule has 0 saturated carbocycles. The maximum absolute atomic E-state index is 11.8. The second-order valence-electron chi connectivity index (χ2n) is 3.25. The molecule has 0 aliphatic heterocycles. The summed E-state index contributed by atoms with van der Waals surface area (Å²) >= 11 is 3.16. The van der Waals surface area contributed by atoms with Gasteiger partial charge in [-0.15, -0.1) is 0 Å². The van der Waals surface area contributed by atoms with Crippen molar-refractivity contribution in [3.8, 4) is 0 Å². The first-order chi connectivity index (χ1) is 8.69. The highest BCUT2D eigenvalue weighted by molar-refractivity contribution is 9.10. The standard InChI is InChI=1S/C10H9BrN6O/c11-8-4-15-9(5-14-8)16-10(18)7-2-1-6(17-12)3-13-7/h1-5,17H,12H2,(H,15,16,18). The molecule has 2 heterocycles. The topological polar surface area (TPSA) is 106 Å². The summed E-state index contributed by atoms with van der Waals surface area (Å²) in [5, 5.41) is 2.58. The lowest BCUT2D eigenvalue weighted by Crippen LogP contribution is -2.15. The number of halogens is 1. The van der Waals surface area contributed by atoms with Gasteiger partial charge >= 0.3 is 0 Å². The third-order valence-electron chi connectivity index (χ3n) is 2.02. The quantitative estimate of drug-likeness (QED) is 0.580. The van der Waals surface area contributed by atoms with Crippen LogP contribution in [0, 0.1) is 0 Å². The van der Waals surface area contributed by atoms with Crippen LogP contribution in [0.15, 0.2) is 35.3 Å². The fourth-order valence-electron chi connectivity index (χ4n) is 1.17. The monoisotopic (exact) mass is 308 g/mol. The van der Waals surface area contributed by atoms with Crippen molar-refractivity contribution in [1.29, 1.82) is 0 Å². The molecule has 4 N–H and O–H groups in total. The van der Waals surface area contributed by atoms with Crippen LogP contribution >= 0.6 is 15.9 Å². The van der Waals surface area contributed by atoms with Crippen molar-refractivity contribution in [1.82, 2.24) is 15.0 Å². The zero-order chi connectivity index (χ0) is 13.0. The third-order valence-corrected chi connectivity index (χ3v) is 2.43. The lowest BCUT2D eigenvalue weighted by atomic mass is 10.3. The molecule has 92 valence electrons. The lowest BCUT2D eigenvalue weighted by Gasteiger charge is -2.04. The fraction of sp³-hybridized carbons (Fsp3) is 0. The molecule has 0 bridgehead atoms. The fourth-order valence-corrected chi connectivity index (χ4v) is 1.38. The Morgan fingerprint density at radius 2 is 2.00 bits per heavy atom. The molecule has 0 fully saturated rings. The first-order valence-electron chi connectivity index (χ1n) is 4.90. The summed E-state index contributed by atoms with van der Waals surface area (Å²) in [6.07, 6.45) is 4.39. The molecule has 2 aromatic heterocycles. The van der Waals surface area contributed by atoms with Gasteiger partial charge in [-0.25, -0.2) is 15.0 Å². The third kappa shape index (κ3) is 2.99. The number of hydrogen-bond donors (Lipinski definition) is 3. The van der Waals surface area contributed by atoms with E-state index in [-0.39, 0.29) is 11.6 Å². The van der Waals surface area contributed by atoms with Gasteiger partial charge in [0.2, 0.25) is 0 Å². The molecule has 1 amide bonds. The van der Waals surface area contributed by atoms with Crippen LogP contribution < -0.4 is 16.6 Å². The smallest absolute Gasteiger partial charge is 0.275 e. The van der Waals surface area contributed by atoms with Crippen molar-refractivity contribution in [2.45, 2.75) is 0 Å². The van der Waals surface area contributed by atoms with E-state index in [1.165, 1.54) is 18.6 Å². The van der Waals surface area contributed by atoms with E-state index in [0.29, 0.717) is 16.1 Å². The number of nitrogens with two attached hydrogens (primary N) is 1. The number of carbonyl (C=O) groups excluding carboxylic acids is 1. The Morgan fingerprint density at radius 3 is 2.56 bits per heavy atom. The van der Waals surface area contributed by atoms with Crippen molar-refractivity contribution in [3.05, 3.63) is 41.0 Å². The molecule has 0 spiro atoms. The van der Waals surface area contributed by atoms with Crippen LogP contribution in [0.3, 0.4) is 0 Å². The number of hydrogen-bond acceptors (Lipinski definition) is 6. The number of rotatable bonds is 3. The maximum Gasteiger partial charge on any atom is 0.275 e. The Balaban J connectivity index is 2.09. The highest BCUT2D eigenvalue weighted by Crippen LogP contribution is 2.09. The Kier molecular flexibility index (Phi) is 3.80. The van der Waals surface area contributed by atoms with E-state index in [9.17, 15) is 4.79 Å². The molecule has 7 nitrogen and oxygen atoms in total. The van der Waals surface area contributed by atoms with E-state index >= 15 is 0 Å². The largest absolute Gasteiger partial charge is 0.323 e. The molecule has 0 aromatic carbocycles. The van der Waals surface area contributed by atoms with Crippen molar-refractivity contribution in [2.75, 3.05) is 10.7 Å². The van der Waals surface area contributed by atoms with Gasteiger partial charge in [0.05, 0.1) is 24.3 Å². The Bertz CT molecular complexity index is 541. The summed E-state index contributed by atoms with van der Waals surface area (Å²) in [5.74, 6) is 5.19. The second-order valence-corrected chi connectivity index (χ2v) is 4.07. The molecule has 2 rings (SSSR count). The Hall–Kier alpha value is -2.06. The van der Waals surface area contributed by atoms with Crippen LogP contribution in [0.5, 0.6) is 0 Å². The average molecular weight is 309 g/mol. The van der Waals surface area contributed by atoms with E-state index in [4.69, 9.17) is 5.84 Å². The molecule has 0 saturated heterocycles. The van der Waals surface area contributed by atoms with E-state index in [2.05, 4.69) is 41.6 Å². The zero-order valence-electron chi connectivity index (χ0n) is 9.09. The molecule has 18 heavy (non-hydrogen) atoms. The maximum atomic E-state index is 11.8. The molecule has 0 aliphatic rings. The number of anilines is 2. The van der Waals surface area contributed by atoms with Gasteiger partial charge in [-0.2, -0.15) is 0 Å². The van der Waals surface area contributed by atoms with Crippen molar-refractivity contribution in [2.24, 2.45) is 5.84 Å². The normalized spacial score (nSPS) is 9.89. The summed E-state index contributed by atoms with van der Waals surface area (Å²) in [7, 11) is 0. The molecular formula is C10H9BrN6O. The molecular weight excluding hydrogens is 300 g/mol. The number of nitrogens with one attached hydrogen (secondary N) is 2. The van der Waals surface area contributed by atoms with Gasteiger partial charge in [-0.1, -0.05) is 0 Å². The first kappa shape index (κ1) is 12.4. The zero-order valence-corrected chi connectivity index (χ0v) is 10.7. The predicted molar refractivity (Wildman–Crippen MR) is 69.7 cm³/mol. The van der Waals surface area contributed by atoms with Crippen LogP contribution in [0.25, 0.3) is 0 Å². The van der Waals surface area contributed by atoms with Gasteiger partial charge in [0, 0.05) is 0 Å². The highest BCUT2D eigenvalue weighted by atomic mass is 79.9. The molecule has 8 heteroatoms. The molecule has 0 radical (unpaired) electrons. The SMILES string of the molecule is NNc1ccc(C(=O)Nc2cnc(Br)cn2)nc1. The van der Waals surface area contributed by atoms with Crippen molar-refractivity contribution in [3.63, 3.8) is 0 Å². The summed E-state index contributed by atoms with van der Waals surface area (Å²) in [4.78, 5) is 23.7. The minimum atomic E-state index is -0.366. The summed E-state index contributed by atoms with van der Waals surface area (Å²) in [6.45, 7) is 0. The predicted octanol–water partition coefficient (Wildman–Crippen LogP) is 1.17. The lowest BCUT2D eigenvalue weighted by molar-refractivity contribution is 0.102. The number of pyridine rings is 1. The number of nitrogens with zero attached hydrogens (tertiary/aromatic N) is 3. The summed E-state index contributed by atoms with van der Waals surface area (Å²) in [6, 6.07) is 3.20. The first-order valence-corrected chi connectivity index (χ1v) is 5.70. The summed E-state index contributed by atoms with van der Waals surface area (Å²) in [5.41, 5.74) is 3.31. The van der Waals surface area contributed by atoms with Gasteiger partial charge in [-0.3, -0.25) is 10.6 Å². The Labute approximate surface area is 111 Å². The number of aromatic nitrogens is 3. The second kappa shape index (κ2) is 5.52. The van der Waals surface area contributed by atoms with Crippen LogP contribution in [0.1, 0.15) is 10.5 Å². The minimum absolute atomic E-state index is 0.263. The van der Waals surface area contributed by atoms with Gasteiger partial charge in [0.15, 0.2) is 5.82 Å². The number of hydrazine groups is 1. The van der Waals surface area contributed by atoms with Gasteiger partial charge in [0.25, 0.3) is 5.91 Å². The van der Waals surface area contributed by atoms with Gasteiger partial charge < -0.3 is 10.7 Å². The van der Waals surface area contributed by atoms with Crippen LogP contribution in [0.2, 0.25) is 0 Å². The van der Waals surface area contributed by atoms with Crippen LogP contribution in [0.4, 0.5) is 11.5 Å². The van der Waals surface area contributed by atoms with E-state index < -0.39 is 0 Å². The average Bonchev–Trinajstić information content (AvgIpc) is 2.41. The van der Waals surface area contributed by atoms with Gasteiger partial charge in [-0.05, 0) is 28.1 Å². The van der Waals surface area contributed by atoms with Crippen LogP contribution in [-0.4, -0.2) is 20.9 Å². The molecule has 0 atom stereocenters. The van der Waals surface area contributed by atoms with Gasteiger partial charge in [0.1, 0.15) is 10.3 Å². The van der Waals surface area contributed by atoms with E-state index in [1.807, 2.05) is 0 Å². The number of carbonyl (C=O) groups is 1. The molecule has 0 aliphatic carbocycles. The van der Waals surface area contributed by atoms with Crippen molar-refractivity contribution >= 4 is 33.3 Å². The number of amides is 1. The Morgan fingerprint density at radius 1 is 1.17 bits per heavy atom.